The summed E-state index contributed by atoms with van der Waals surface area (Å²) in [6.07, 6.45) is 3.89. The molecule has 10 heteroatoms. The molecule has 0 bridgehead atoms. The fraction of sp³-hybridized carbons (Fsp3) is 0.294. The van der Waals surface area contributed by atoms with Crippen LogP contribution < -0.4 is 4.90 Å². The Morgan fingerprint density at radius 3 is 2.74 bits per heavy atom. The van der Waals surface area contributed by atoms with E-state index in [0.717, 1.165) is 37.6 Å². The van der Waals surface area contributed by atoms with E-state index in [-0.39, 0.29) is 5.69 Å². The van der Waals surface area contributed by atoms with Crippen LogP contribution in [0, 0.1) is 10.1 Å². The monoisotopic (exact) mass is 405 g/mol. The summed E-state index contributed by atoms with van der Waals surface area (Å²) in [6.45, 7) is 2.39. The van der Waals surface area contributed by atoms with E-state index in [2.05, 4.69) is 15.1 Å². The zero-order chi connectivity index (χ0) is 18.8. The Morgan fingerprint density at radius 2 is 2.07 bits per heavy atom. The number of anilines is 1. The second-order valence-electron chi connectivity index (χ2n) is 6.12. The van der Waals surface area contributed by atoms with Gasteiger partial charge in [0.1, 0.15) is 5.76 Å². The van der Waals surface area contributed by atoms with Gasteiger partial charge in [-0.05, 0) is 42.8 Å². The van der Waals surface area contributed by atoms with Crippen molar-refractivity contribution in [3.63, 3.8) is 0 Å². The molecule has 1 saturated heterocycles. The Bertz CT molecular complexity index is 954. The molecule has 0 N–H and O–H groups in total. The summed E-state index contributed by atoms with van der Waals surface area (Å²) in [5.74, 6) is 1.59. The zero-order valence-corrected chi connectivity index (χ0v) is 15.8. The average molecular weight is 406 g/mol. The van der Waals surface area contributed by atoms with Crippen molar-refractivity contribution in [1.82, 2.24) is 14.8 Å². The van der Waals surface area contributed by atoms with Crippen LogP contribution in [0.5, 0.6) is 0 Å². The van der Waals surface area contributed by atoms with Gasteiger partial charge in [-0.2, -0.15) is 0 Å². The lowest BCUT2D eigenvalue weighted by Crippen LogP contribution is -2.22. The lowest BCUT2D eigenvalue weighted by molar-refractivity contribution is -0.384. The number of benzene rings is 1. The molecule has 1 fully saturated rings. The Morgan fingerprint density at radius 1 is 1.26 bits per heavy atom. The normalized spacial score (nSPS) is 14.0. The molecule has 4 rings (SSSR count). The Labute approximate surface area is 164 Å². The van der Waals surface area contributed by atoms with Crippen LogP contribution in [-0.2, 0) is 6.54 Å². The van der Waals surface area contributed by atoms with Crippen molar-refractivity contribution in [1.29, 1.82) is 0 Å². The van der Waals surface area contributed by atoms with Crippen LogP contribution in [0.15, 0.2) is 51.1 Å². The molecule has 1 aliphatic heterocycles. The first kappa shape index (κ1) is 17.9. The average Bonchev–Trinajstić information content (AvgIpc) is 3.40. The molecule has 27 heavy (non-hydrogen) atoms. The highest BCUT2D eigenvalue weighted by Crippen LogP contribution is 2.36. The van der Waals surface area contributed by atoms with Gasteiger partial charge >= 0.3 is 0 Å². The van der Waals surface area contributed by atoms with E-state index in [9.17, 15) is 10.1 Å². The molecule has 0 saturated carbocycles. The summed E-state index contributed by atoms with van der Waals surface area (Å²) in [4.78, 5) is 13.3. The standard InChI is InChI=1S/C17H16ClN5O3S/c18-14-10-12(23(24)25)5-6-15(14)27-17-20-19-16(21-7-1-2-8-21)22(17)11-13-4-3-9-26-13/h3-6,9-10H,1-2,7-8,11H2. The fourth-order valence-electron chi connectivity index (χ4n) is 2.99. The highest BCUT2D eigenvalue weighted by molar-refractivity contribution is 7.99. The van der Waals surface area contributed by atoms with E-state index in [1.165, 1.54) is 23.9 Å². The van der Waals surface area contributed by atoms with Crippen molar-refractivity contribution < 1.29 is 9.34 Å². The molecule has 3 heterocycles. The van der Waals surface area contributed by atoms with Gasteiger partial charge in [-0.15, -0.1) is 10.2 Å². The molecular weight excluding hydrogens is 390 g/mol. The van der Waals surface area contributed by atoms with Crippen LogP contribution in [0.1, 0.15) is 18.6 Å². The van der Waals surface area contributed by atoms with E-state index < -0.39 is 4.92 Å². The molecule has 140 valence electrons. The first-order chi connectivity index (χ1) is 13.1. The van der Waals surface area contributed by atoms with Gasteiger partial charge in [-0.25, -0.2) is 0 Å². The van der Waals surface area contributed by atoms with Crippen molar-refractivity contribution in [3.05, 3.63) is 57.5 Å². The number of furan rings is 1. The van der Waals surface area contributed by atoms with E-state index >= 15 is 0 Å². The van der Waals surface area contributed by atoms with Gasteiger partial charge in [0.2, 0.25) is 5.95 Å². The SMILES string of the molecule is O=[N+]([O-])c1ccc(Sc2nnc(N3CCCC3)n2Cc2ccco2)c(Cl)c1. The highest BCUT2D eigenvalue weighted by atomic mass is 35.5. The number of nitrogens with zero attached hydrogens (tertiary/aromatic N) is 5. The number of aromatic nitrogens is 3. The number of hydrogen-bond donors (Lipinski definition) is 0. The van der Waals surface area contributed by atoms with Gasteiger partial charge in [-0.3, -0.25) is 14.7 Å². The third-order valence-corrected chi connectivity index (χ3v) is 5.79. The molecule has 0 aliphatic carbocycles. The number of hydrogen-bond acceptors (Lipinski definition) is 7. The van der Waals surface area contributed by atoms with E-state index in [1.54, 1.807) is 12.3 Å². The van der Waals surface area contributed by atoms with Crippen LogP contribution in [0.4, 0.5) is 11.6 Å². The molecule has 2 aromatic heterocycles. The topological polar surface area (TPSA) is 90.2 Å². The molecule has 3 aromatic rings. The van der Waals surface area contributed by atoms with Gasteiger partial charge in [0, 0.05) is 30.1 Å². The van der Waals surface area contributed by atoms with Crippen LogP contribution in [0.25, 0.3) is 0 Å². The predicted octanol–water partition coefficient (Wildman–Crippen LogP) is 4.23. The summed E-state index contributed by atoms with van der Waals surface area (Å²) in [5, 5.41) is 20.6. The van der Waals surface area contributed by atoms with Crippen LogP contribution >= 0.6 is 23.4 Å². The quantitative estimate of drug-likeness (QED) is 0.447. The van der Waals surface area contributed by atoms with Crippen molar-refractivity contribution in [2.75, 3.05) is 18.0 Å². The lowest BCUT2D eigenvalue weighted by Gasteiger charge is -2.17. The Kier molecular flexibility index (Phi) is 5.04. The minimum atomic E-state index is -0.467. The van der Waals surface area contributed by atoms with Gasteiger partial charge in [0.25, 0.3) is 5.69 Å². The largest absolute Gasteiger partial charge is 0.467 e. The first-order valence-electron chi connectivity index (χ1n) is 8.44. The molecule has 0 radical (unpaired) electrons. The van der Waals surface area contributed by atoms with Crippen molar-refractivity contribution in [3.8, 4) is 0 Å². The minimum absolute atomic E-state index is 0.0424. The zero-order valence-electron chi connectivity index (χ0n) is 14.2. The number of nitro benzene ring substituents is 1. The fourth-order valence-corrected chi connectivity index (χ4v) is 4.11. The van der Waals surface area contributed by atoms with E-state index in [0.29, 0.717) is 21.6 Å². The van der Waals surface area contributed by atoms with Crippen molar-refractivity contribution in [2.45, 2.75) is 29.4 Å². The van der Waals surface area contributed by atoms with Gasteiger partial charge in [-0.1, -0.05) is 11.6 Å². The third kappa shape index (κ3) is 3.79. The number of non-ortho nitro benzene ring substituents is 1. The van der Waals surface area contributed by atoms with E-state index in [4.69, 9.17) is 16.0 Å². The van der Waals surface area contributed by atoms with Crippen molar-refractivity contribution in [2.24, 2.45) is 0 Å². The maximum atomic E-state index is 10.9. The molecular formula is C17H16ClN5O3S. The smallest absolute Gasteiger partial charge is 0.270 e. The number of nitro groups is 1. The maximum absolute atomic E-state index is 10.9. The van der Waals surface area contributed by atoms with Gasteiger partial charge < -0.3 is 9.32 Å². The molecule has 0 atom stereocenters. The molecule has 0 spiro atoms. The summed E-state index contributed by atoms with van der Waals surface area (Å²) >= 11 is 7.57. The number of rotatable bonds is 6. The molecule has 1 aliphatic rings. The molecule has 0 amide bonds. The van der Waals surface area contributed by atoms with E-state index in [1.807, 2.05) is 16.7 Å². The van der Waals surface area contributed by atoms with Crippen LogP contribution in [0.3, 0.4) is 0 Å². The van der Waals surface area contributed by atoms with Gasteiger partial charge in [0.15, 0.2) is 5.16 Å². The Balaban J connectivity index is 1.66. The maximum Gasteiger partial charge on any atom is 0.270 e. The second-order valence-corrected chi connectivity index (χ2v) is 7.53. The lowest BCUT2D eigenvalue weighted by atomic mass is 10.3. The molecule has 1 aromatic carbocycles. The van der Waals surface area contributed by atoms with Crippen molar-refractivity contribution >= 4 is 35.0 Å². The summed E-state index contributed by atoms with van der Waals surface area (Å²) in [6, 6.07) is 8.16. The molecule has 8 nitrogen and oxygen atoms in total. The van der Waals surface area contributed by atoms with Crippen LogP contribution in [0.2, 0.25) is 5.02 Å². The van der Waals surface area contributed by atoms with Gasteiger partial charge in [0.05, 0.1) is 22.8 Å². The molecule has 0 unspecified atom stereocenters. The second kappa shape index (κ2) is 7.61. The summed E-state index contributed by atoms with van der Waals surface area (Å²) in [7, 11) is 0. The number of halogens is 1. The summed E-state index contributed by atoms with van der Waals surface area (Å²) in [5.41, 5.74) is -0.0424. The predicted molar refractivity (Wildman–Crippen MR) is 102 cm³/mol. The Hall–Kier alpha value is -2.52. The summed E-state index contributed by atoms with van der Waals surface area (Å²) < 4.78 is 7.48. The minimum Gasteiger partial charge on any atom is -0.467 e. The third-order valence-electron chi connectivity index (χ3n) is 4.31. The van der Waals surface area contributed by atoms with Crippen LogP contribution in [-0.4, -0.2) is 32.8 Å². The first-order valence-corrected chi connectivity index (χ1v) is 9.63. The highest BCUT2D eigenvalue weighted by Gasteiger charge is 2.23.